The van der Waals surface area contributed by atoms with Gasteiger partial charge in [-0.3, -0.25) is 9.59 Å². The van der Waals surface area contributed by atoms with Gasteiger partial charge in [0.2, 0.25) is 5.78 Å². The number of Topliss-reactive ketones (excluding diaryl/α,β-unsaturated/α-hetero) is 1. The van der Waals surface area contributed by atoms with Crippen LogP contribution in [0.3, 0.4) is 0 Å². The first-order valence-electron chi connectivity index (χ1n) is 9.59. The molecule has 0 aliphatic carbocycles. The number of carbonyl (C=O) groups is 2. The molecule has 0 radical (unpaired) electrons. The Hall–Kier alpha value is -2.92. The number of nitrogens with one attached hydrogen (secondary N) is 3. The summed E-state index contributed by atoms with van der Waals surface area (Å²) in [6.45, 7) is 8.04. The van der Waals surface area contributed by atoms with E-state index in [4.69, 9.17) is 0 Å². The van der Waals surface area contributed by atoms with E-state index in [1.54, 1.807) is 0 Å². The van der Waals surface area contributed by atoms with E-state index in [1.165, 1.54) is 0 Å². The molecule has 3 rings (SSSR count). The van der Waals surface area contributed by atoms with E-state index in [0.717, 1.165) is 43.9 Å². The van der Waals surface area contributed by atoms with Crippen LogP contribution in [-0.4, -0.2) is 36.3 Å². The molecule has 0 saturated carbocycles. The van der Waals surface area contributed by atoms with Crippen LogP contribution in [0.4, 0.5) is 5.69 Å². The van der Waals surface area contributed by atoms with Crippen molar-refractivity contribution in [1.82, 2.24) is 4.98 Å². The molecule has 28 heavy (non-hydrogen) atoms. The van der Waals surface area contributed by atoms with E-state index >= 15 is 0 Å². The standard InChI is InChI=1S/C23H27N3O2/c1-14-9-8-12-19(15(14)2)25-21(27)13-26(5)17(4)23(28)22-16(3)24-20-11-7-6-10-18(20)22/h6-12,17,24H,13H2,1-5H3,(H,25,27)/p+1/t17-/m1/s1. The zero-order valence-electron chi connectivity index (χ0n) is 17.1. The number of H-pyrrole nitrogens is 1. The quantitative estimate of drug-likeness (QED) is 0.578. The van der Waals surface area contributed by atoms with E-state index in [1.807, 2.05) is 77.2 Å². The minimum Gasteiger partial charge on any atom is -0.358 e. The highest BCUT2D eigenvalue weighted by molar-refractivity contribution is 6.11. The van der Waals surface area contributed by atoms with Gasteiger partial charge in [-0.25, -0.2) is 0 Å². The molecular formula is C23H28N3O2+. The van der Waals surface area contributed by atoms with E-state index in [9.17, 15) is 9.59 Å². The van der Waals surface area contributed by atoms with Crippen LogP contribution >= 0.6 is 0 Å². The maximum atomic E-state index is 13.1. The number of aryl methyl sites for hydroxylation is 2. The van der Waals surface area contributed by atoms with Crippen LogP contribution in [0.25, 0.3) is 10.9 Å². The number of hydrogen-bond donors (Lipinski definition) is 3. The molecule has 1 unspecified atom stereocenters. The van der Waals surface area contributed by atoms with Crippen LogP contribution in [-0.2, 0) is 4.79 Å². The first kappa shape index (κ1) is 19.8. The third-order valence-electron chi connectivity index (χ3n) is 5.59. The topological polar surface area (TPSA) is 66.4 Å². The van der Waals surface area contributed by atoms with E-state index < -0.39 is 0 Å². The van der Waals surface area contributed by atoms with Crippen LogP contribution < -0.4 is 10.2 Å². The van der Waals surface area contributed by atoms with E-state index in [2.05, 4.69) is 10.3 Å². The molecule has 2 atom stereocenters. The highest BCUT2D eigenvalue weighted by atomic mass is 16.2. The van der Waals surface area contributed by atoms with Gasteiger partial charge < -0.3 is 15.2 Å². The smallest absolute Gasteiger partial charge is 0.279 e. The van der Waals surface area contributed by atoms with Crippen molar-refractivity contribution in [3.8, 4) is 0 Å². The van der Waals surface area contributed by atoms with Crippen LogP contribution in [0, 0.1) is 20.8 Å². The summed E-state index contributed by atoms with van der Waals surface area (Å²) in [5.41, 5.74) is 5.57. The van der Waals surface area contributed by atoms with Gasteiger partial charge in [0.25, 0.3) is 5.91 Å². The Labute approximate surface area is 165 Å². The summed E-state index contributed by atoms with van der Waals surface area (Å²) < 4.78 is 0. The summed E-state index contributed by atoms with van der Waals surface area (Å²) >= 11 is 0. The first-order chi connectivity index (χ1) is 13.3. The van der Waals surface area contributed by atoms with Gasteiger partial charge in [-0.1, -0.05) is 30.3 Å². The van der Waals surface area contributed by atoms with Gasteiger partial charge in [0.1, 0.15) is 6.04 Å². The molecule has 0 aliphatic heterocycles. The molecule has 0 spiro atoms. The Balaban J connectivity index is 1.72. The lowest BCUT2D eigenvalue weighted by Gasteiger charge is -2.21. The summed E-state index contributed by atoms with van der Waals surface area (Å²) in [5.74, 6) is -0.0477. The number of amides is 1. The maximum absolute atomic E-state index is 13.1. The van der Waals surface area contributed by atoms with Gasteiger partial charge in [-0.2, -0.15) is 0 Å². The van der Waals surface area contributed by atoms with Crippen molar-refractivity contribution in [3.05, 3.63) is 64.8 Å². The van der Waals surface area contributed by atoms with Crippen LogP contribution in [0.2, 0.25) is 0 Å². The van der Waals surface area contributed by atoms with E-state index in [-0.39, 0.29) is 24.3 Å². The number of benzene rings is 2. The second-order valence-corrected chi connectivity index (χ2v) is 7.58. The van der Waals surface area contributed by atoms with Crippen molar-refractivity contribution >= 4 is 28.3 Å². The number of ketones is 1. The fraction of sp³-hybridized carbons (Fsp3) is 0.304. The normalized spacial score (nSPS) is 13.3. The summed E-state index contributed by atoms with van der Waals surface area (Å²) in [6, 6.07) is 13.3. The number of aromatic nitrogens is 1. The lowest BCUT2D eigenvalue weighted by Crippen LogP contribution is -3.14. The van der Waals surface area contributed by atoms with Crippen molar-refractivity contribution in [1.29, 1.82) is 0 Å². The molecule has 0 fully saturated rings. The lowest BCUT2D eigenvalue weighted by atomic mass is 10.0. The van der Waals surface area contributed by atoms with Crippen molar-refractivity contribution in [2.45, 2.75) is 33.7 Å². The average Bonchev–Trinajstić information content (AvgIpc) is 2.99. The van der Waals surface area contributed by atoms with Crippen molar-refractivity contribution < 1.29 is 14.5 Å². The summed E-state index contributed by atoms with van der Waals surface area (Å²) in [6.07, 6.45) is 0. The maximum Gasteiger partial charge on any atom is 0.279 e. The number of aromatic amines is 1. The van der Waals surface area contributed by atoms with Gasteiger partial charge in [-0.05, 0) is 51.0 Å². The Morgan fingerprint density at radius 2 is 1.79 bits per heavy atom. The SMILES string of the molecule is Cc1cccc(NC(=O)C[NH+](C)[C@H](C)C(=O)c2c(C)[nH]c3ccccc23)c1C. The van der Waals surface area contributed by atoms with Gasteiger partial charge in [0.15, 0.2) is 6.54 Å². The molecule has 5 heteroatoms. The monoisotopic (exact) mass is 378 g/mol. The number of fused-ring (bicyclic) bond motifs is 1. The molecule has 2 aromatic carbocycles. The summed E-state index contributed by atoms with van der Waals surface area (Å²) in [7, 11) is 1.88. The predicted octanol–water partition coefficient (Wildman–Crippen LogP) is 2.82. The zero-order chi connectivity index (χ0) is 20.4. The largest absolute Gasteiger partial charge is 0.358 e. The minimum absolute atomic E-state index is 0.0481. The predicted molar refractivity (Wildman–Crippen MR) is 113 cm³/mol. The van der Waals surface area contributed by atoms with Crippen molar-refractivity contribution in [2.75, 3.05) is 18.9 Å². The number of likely N-dealkylation sites (N-methyl/N-ethyl adjacent to an activating group) is 1. The molecule has 1 aromatic heterocycles. The minimum atomic E-state index is -0.331. The third-order valence-corrected chi connectivity index (χ3v) is 5.59. The van der Waals surface area contributed by atoms with Crippen molar-refractivity contribution in [2.24, 2.45) is 0 Å². The first-order valence-corrected chi connectivity index (χ1v) is 9.59. The molecule has 0 aliphatic rings. The number of rotatable bonds is 6. The van der Waals surface area contributed by atoms with Crippen molar-refractivity contribution in [3.63, 3.8) is 0 Å². The fourth-order valence-electron chi connectivity index (χ4n) is 3.52. The average molecular weight is 378 g/mol. The van der Waals surface area contributed by atoms with Crippen LogP contribution in [0.15, 0.2) is 42.5 Å². The summed E-state index contributed by atoms with van der Waals surface area (Å²) in [5, 5.41) is 3.91. The Bertz CT molecular complexity index is 1040. The Kier molecular flexibility index (Phi) is 5.66. The molecular weight excluding hydrogens is 350 g/mol. The highest BCUT2D eigenvalue weighted by Crippen LogP contribution is 2.23. The van der Waals surface area contributed by atoms with Crippen LogP contribution in [0.1, 0.15) is 34.1 Å². The molecule has 0 bridgehead atoms. The second kappa shape index (κ2) is 7.98. The molecule has 3 aromatic rings. The number of carbonyl (C=O) groups excluding carboxylic acids is 2. The Morgan fingerprint density at radius 3 is 2.54 bits per heavy atom. The summed E-state index contributed by atoms with van der Waals surface area (Å²) in [4.78, 5) is 29.8. The molecule has 5 nitrogen and oxygen atoms in total. The van der Waals surface area contributed by atoms with Gasteiger partial charge >= 0.3 is 0 Å². The lowest BCUT2D eigenvalue weighted by molar-refractivity contribution is -0.885. The van der Waals surface area contributed by atoms with Gasteiger partial charge in [-0.15, -0.1) is 0 Å². The molecule has 0 saturated heterocycles. The fourth-order valence-corrected chi connectivity index (χ4v) is 3.52. The third kappa shape index (κ3) is 3.85. The molecule has 146 valence electrons. The van der Waals surface area contributed by atoms with Crippen LogP contribution in [0.5, 0.6) is 0 Å². The highest BCUT2D eigenvalue weighted by Gasteiger charge is 2.28. The number of hydrogen-bond acceptors (Lipinski definition) is 2. The molecule has 1 amide bonds. The zero-order valence-corrected chi connectivity index (χ0v) is 17.1. The van der Waals surface area contributed by atoms with E-state index in [0.29, 0.717) is 0 Å². The number of anilines is 1. The Morgan fingerprint density at radius 1 is 1.07 bits per heavy atom. The van der Waals surface area contributed by atoms with Gasteiger partial charge in [0, 0.05) is 22.3 Å². The second-order valence-electron chi connectivity index (χ2n) is 7.58. The number of para-hydroxylation sites is 1. The molecule has 1 heterocycles. The molecule has 3 N–H and O–H groups in total. The van der Waals surface area contributed by atoms with Gasteiger partial charge in [0.05, 0.1) is 12.6 Å². The number of quaternary nitrogens is 1.